The molecule has 27 heavy (non-hydrogen) atoms. The second-order valence-electron chi connectivity index (χ2n) is 6.80. The Morgan fingerprint density at radius 2 is 2.00 bits per heavy atom. The monoisotopic (exact) mass is 362 g/mol. The summed E-state index contributed by atoms with van der Waals surface area (Å²) in [5.41, 5.74) is 4.61. The highest BCUT2D eigenvalue weighted by molar-refractivity contribution is 5.89. The van der Waals surface area contributed by atoms with Gasteiger partial charge in [-0.1, -0.05) is 18.2 Å². The number of hydrogen-bond donors (Lipinski definition) is 2. The molecule has 0 saturated heterocycles. The van der Waals surface area contributed by atoms with E-state index in [1.54, 1.807) is 29.3 Å². The van der Waals surface area contributed by atoms with Crippen LogP contribution in [0.3, 0.4) is 0 Å². The average Bonchev–Trinajstić information content (AvgIpc) is 3.23. The van der Waals surface area contributed by atoms with Crippen LogP contribution in [0.15, 0.2) is 49.2 Å². The number of benzene rings is 1. The summed E-state index contributed by atoms with van der Waals surface area (Å²) in [6.45, 7) is 2.00. The first-order valence-electron chi connectivity index (χ1n) is 9.19. The number of fused-ring (bicyclic) bond motifs is 1. The Hall–Kier alpha value is -3.22. The zero-order valence-electron chi connectivity index (χ0n) is 15.2. The summed E-state index contributed by atoms with van der Waals surface area (Å²) in [5, 5.41) is 9.83. The fourth-order valence-electron chi connectivity index (χ4n) is 3.39. The molecule has 2 amide bonds. The first-order chi connectivity index (χ1) is 13.2. The summed E-state index contributed by atoms with van der Waals surface area (Å²) < 4.78 is 1.56. The van der Waals surface area contributed by atoms with E-state index >= 15 is 0 Å². The van der Waals surface area contributed by atoms with Crippen molar-refractivity contribution in [2.75, 3.05) is 5.32 Å². The first kappa shape index (κ1) is 17.2. The Morgan fingerprint density at radius 1 is 1.15 bits per heavy atom. The highest BCUT2D eigenvalue weighted by atomic mass is 16.2. The number of rotatable bonds is 4. The van der Waals surface area contributed by atoms with Crippen LogP contribution in [0.25, 0.3) is 5.82 Å². The zero-order chi connectivity index (χ0) is 18.6. The van der Waals surface area contributed by atoms with Crippen molar-refractivity contribution in [2.24, 2.45) is 0 Å². The summed E-state index contributed by atoms with van der Waals surface area (Å²) in [6.07, 6.45) is 9.43. The number of aromatic nitrogens is 4. The molecule has 1 aliphatic carbocycles. The molecule has 3 aromatic rings. The van der Waals surface area contributed by atoms with E-state index in [4.69, 9.17) is 0 Å². The standard InChI is InChI=1S/C20H22N6O/c1-14(16-7-6-15-4-2-3-5-17(15)10-16)24-20(27)25-18-8-9-19(22-11-18)26-13-21-12-23-26/h6-14H,2-5H2,1H3,(H2,24,25,27)/t14-/m0/s1. The summed E-state index contributed by atoms with van der Waals surface area (Å²) in [4.78, 5) is 20.5. The smallest absolute Gasteiger partial charge is 0.319 e. The molecule has 1 aromatic carbocycles. The van der Waals surface area contributed by atoms with Gasteiger partial charge in [-0.05, 0) is 61.4 Å². The third-order valence-corrected chi connectivity index (χ3v) is 4.88. The highest BCUT2D eigenvalue weighted by Gasteiger charge is 2.14. The molecule has 2 heterocycles. The predicted octanol–water partition coefficient (Wildman–Crippen LogP) is 3.42. The van der Waals surface area contributed by atoms with E-state index < -0.39 is 0 Å². The Labute approximate surface area is 157 Å². The summed E-state index contributed by atoms with van der Waals surface area (Å²) in [6, 6.07) is 9.78. The quantitative estimate of drug-likeness (QED) is 0.745. The third kappa shape index (κ3) is 3.97. The lowest BCUT2D eigenvalue weighted by atomic mass is 9.89. The predicted molar refractivity (Wildman–Crippen MR) is 103 cm³/mol. The van der Waals surface area contributed by atoms with Crippen molar-refractivity contribution in [3.05, 3.63) is 65.9 Å². The van der Waals surface area contributed by atoms with E-state index in [9.17, 15) is 4.79 Å². The zero-order valence-corrected chi connectivity index (χ0v) is 15.2. The van der Waals surface area contributed by atoms with Crippen molar-refractivity contribution in [3.63, 3.8) is 0 Å². The van der Waals surface area contributed by atoms with Crippen LogP contribution in [0.1, 0.15) is 42.5 Å². The molecule has 0 bridgehead atoms. The molecular weight excluding hydrogens is 340 g/mol. The fraction of sp³-hybridized carbons (Fsp3) is 0.300. The van der Waals surface area contributed by atoms with Crippen molar-refractivity contribution in [3.8, 4) is 5.82 Å². The van der Waals surface area contributed by atoms with Crippen LogP contribution in [0.4, 0.5) is 10.5 Å². The van der Waals surface area contributed by atoms with Crippen LogP contribution in [0.2, 0.25) is 0 Å². The Balaban J connectivity index is 1.37. The number of anilines is 1. The van der Waals surface area contributed by atoms with Gasteiger partial charge in [0.2, 0.25) is 0 Å². The van der Waals surface area contributed by atoms with E-state index in [0.717, 1.165) is 18.4 Å². The third-order valence-electron chi connectivity index (χ3n) is 4.88. The van der Waals surface area contributed by atoms with E-state index in [1.807, 2.05) is 6.92 Å². The van der Waals surface area contributed by atoms with Gasteiger partial charge in [-0.15, -0.1) is 0 Å². The average molecular weight is 362 g/mol. The molecule has 0 aliphatic heterocycles. The number of carbonyl (C=O) groups is 1. The molecule has 0 spiro atoms. The van der Waals surface area contributed by atoms with E-state index in [2.05, 4.69) is 43.9 Å². The molecule has 0 radical (unpaired) electrons. The molecule has 2 aromatic heterocycles. The molecule has 0 unspecified atom stereocenters. The molecule has 0 fully saturated rings. The van der Waals surface area contributed by atoms with Gasteiger partial charge in [0.25, 0.3) is 0 Å². The number of aryl methyl sites for hydroxylation is 2. The van der Waals surface area contributed by atoms with Gasteiger partial charge in [0.15, 0.2) is 5.82 Å². The topological polar surface area (TPSA) is 84.7 Å². The van der Waals surface area contributed by atoms with Crippen molar-refractivity contribution < 1.29 is 4.79 Å². The van der Waals surface area contributed by atoms with Crippen LogP contribution in [0.5, 0.6) is 0 Å². The minimum absolute atomic E-state index is 0.0698. The van der Waals surface area contributed by atoms with Crippen LogP contribution in [-0.4, -0.2) is 25.8 Å². The lowest BCUT2D eigenvalue weighted by molar-refractivity contribution is 0.249. The minimum Gasteiger partial charge on any atom is -0.331 e. The lowest BCUT2D eigenvalue weighted by Gasteiger charge is -2.20. The number of pyridine rings is 1. The number of amides is 2. The molecule has 4 rings (SSSR count). The largest absolute Gasteiger partial charge is 0.331 e. The van der Waals surface area contributed by atoms with Crippen molar-refractivity contribution in [1.82, 2.24) is 25.1 Å². The molecular formula is C20H22N6O. The summed E-state index contributed by atoms with van der Waals surface area (Å²) in [7, 11) is 0. The van der Waals surface area contributed by atoms with Gasteiger partial charge in [0.1, 0.15) is 12.7 Å². The maximum absolute atomic E-state index is 12.3. The number of nitrogens with zero attached hydrogens (tertiary/aromatic N) is 4. The fourth-order valence-corrected chi connectivity index (χ4v) is 3.39. The summed E-state index contributed by atoms with van der Waals surface area (Å²) >= 11 is 0. The Morgan fingerprint density at radius 3 is 2.74 bits per heavy atom. The minimum atomic E-state index is -0.254. The maximum atomic E-state index is 12.3. The molecule has 7 heteroatoms. The second kappa shape index (κ2) is 7.57. The van der Waals surface area contributed by atoms with Gasteiger partial charge in [-0.3, -0.25) is 0 Å². The van der Waals surface area contributed by atoms with Crippen molar-refractivity contribution in [1.29, 1.82) is 0 Å². The highest BCUT2D eigenvalue weighted by Crippen LogP contribution is 2.24. The van der Waals surface area contributed by atoms with E-state index in [0.29, 0.717) is 11.5 Å². The lowest BCUT2D eigenvalue weighted by Crippen LogP contribution is -2.31. The number of nitrogens with one attached hydrogen (secondary N) is 2. The number of carbonyl (C=O) groups excluding carboxylic acids is 1. The molecule has 138 valence electrons. The SMILES string of the molecule is C[C@H](NC(=O)Nc1ccc(-n2cncn2)nc1)c1ccc2c(c1)CCCC2. The summed E-state index contributed by atoms with van der Waals surface area (Å²) in [5.74, 6) is 0.640. The Bertz CT molecular complexity index is 920. The van der Waals surface area contributed by atoms with Gasteiger partial charge < -0.3 is 10.6 Å². The van der Waals surface area contributed by atoms with Gasteiger partial charge >= 0.3 is 6.03 Å². The number of urea groups is 1. The van der Waals surface area contributed by atoms with Crippen LogP contribution < -0.4 is 10.6 Å². The first-order valence-corrected chi connectivity index (χ1v) is 9.19. The van der Waals surface area contributed by atoms with Crippen molar-refractivity contribution in [2.45, 2.75) is 38.6 Å². The van der Waals surface area contributed by atoms with Crippen LogP contribution in [0, 0.1) is 0 Å². The normalized spacial score (nSPS) is 14.3. The van der Waals surface area contributed by atoms with Crippen LogP contribution >= 0.6 is 0 Å². The molecule has 1 aliphatic rings. The van der Waals surface area contributed by atoms with E-state index in [1.165, 1.54) is 30.3 Å². The molecule has 7 nitrogen and oxygen atoms in total. The van der Waals surface area contributed by atoms with Gasteiger partial charge in [-0.25, -0.2) is 19.4 Å². The molecule has 0 saturated carbocycles. The molecule has 2 N–H and O–H groups in total. The van der Waals surface area contributed by atoms with E-state index in [-0.39, 0.29) is 12.1 Å². The van der Waals surface area contributed by atoms with Gasteiger partial charge in [0, 0.05) is 0 Å². The van der Waals surface area contributed by atoms with Crippen LogP contribution in [-0.2, 0) is 12.8 Å². The van der Waals surface area contributed by atoms with Gasteiger partial charge in [0.05, 0.1) is 17.9 Å². The second-order valence-corrected chi connectivity index (χ2v) is 6.80. The number of hydrogen-bond acceptors (Lipinski definition) is 4. The Kier molecular flexibility index (Phi) is 4.82. The van der Waals surface area contributed by atoms with Crippen molar-refractivity contribution >= 4 is 11.7 Å². The van der Waals surface area contributed by atoms with Gasteiger partial charge in [-0.2, -0.15) is 5.10 Å². The maximum Gasteiger partial charge on any atom is 0.319 e. The molecule has 1 atom stereocenters.